The van der Waals surface area contributed by atoms with Crippen molar-refractivity contribution in [2.45, 2.75) is 58.6 Å². The molecule has 31 heavy (non-hydrogen) atoms. The van der Waals surface area contributed by atoms with E-state index in [1.165, 1.54) is 0 Å². The van der Waals surface area contributed by atoms with E-state index in [2.05, 4.69) is 47.5 Å². The molecule has 166 valence electrons. The summed E-state index contributed by atoms with van der Waals surface area (Å²) >= 11 is 7.08. The fourth-order valence-corrected chi connectivity index (χ4v) is 4.14. The lowest BCUT2D eigenvalue weighted by Gasteiger charge is -2.25. The number of carbonyl (C=O) groups is 2. The van der Waals surface area contributed by atoms with Crippen LogP contribution in [0.4, 0.5) is 10.5 Å². The van der Waals surface area contributed by atoms with E-state index in [1.54, 1.807) is 6.20 Å². The molecule has 2 aromatic rings. The molecule has 0 fully saturated rings. The van der Waals surface area contributed by atoms with Crippen molar-refractivity contribution in [3.8, 4) is 11.1 Å². The van der Waals surface area contributed by atoms with Gasteiger partial charge in [0.25, 0.3) is 0 Å². The molecule has 0 spiro atoms. The van der Waals surface area contributed by atoms with Gasteiger partial charge in [-0.15, -0.1) is 0 Å². The molecule has 8 heteroatoms. The molecule has 0 saturated carbocycles. The molecule has 0 unspecified atom stereocenters. The van der Waals surface area contributed by atoms with E-state index < -0.39 is 11.7 Å². The van der Waals surface area contributed by atoms with Crippen LogP contribution in [0.3, 0.4) is 0 Å². The van der Waals surface area contributed by atoms with Gasteiger partial charge in [-0.2, -0.15) is 0 Å². The molecule has 1 aromatic carbocycles. The van der Waals surface area contributed by atoms with Gasteiger partial charge in [-0.05, 0) is 95.3 Å². The fourth-order valence-electron chi connectivity index (χ4n) is 3.45. The number of rotatable bonds is 1. The first-order valence-corrected chi connectivity index (χ1v) is 11.9. The summed E-state index contributed by atoms with van der Waals surface area (Å²) in [6, 6.07) is 7.40. The average molecular weight is 553 g/mol. The van der Waals surface area contributed by atoms with E-state index >= 15 is 0 Å². The van der Waals surface area contributed by atoms with Gasteiger partial charge >= 0.3 is 6.09 Å². The van der Waals surface area contributed by atoms with Crippen molar-refractivity contribution < 1.29 is 14.3 Å². The van der Waals surface area contributed by atoms with E-state index in [1.807, 2.05) is 52.0 Å². The lowest BCUT2D eigenvalue weighted by atomic mass is 9.95. The first-order chi connectivity index (χ1) is 14.5. The van der Waals surface area contributed by atoms with Gasteiger partial charge < -0.3 is 15.4 Å². The second kappa shape index (κ2) is 9.69. The molecule has 2 N–H and O–H groups in total. The minimum Gasteiger partial charge on any atom is -0.444 e. The SMILES string of the molecule is C[C@@H]1CCC[C@H](NC(=O)OC(C)(C)C)c2cc(ccn2)-c2cc(Br)c(Br)cc2NC1=O. The highest BCUT2D eigenvalue weighted by Crippen LogP contribution is 2.37. The predicted molar refractivity (Wildman–Crippen MR) is 129 cm³/mol. The molecule has 1 aliphatic heterocycles. The number of carbonyl (C=O) groups excluding carboxylic acids is 2. The number of amides is 2. The second-order valence-electron chi connectivity index (χ2n) is 8.80. The molecular weight excluding hydrogens is 526 g/mol. The Labute approximate surface area is 199 Å². The van der Waals surface area contributed by atoms with E-state index in [4.69, 9.17) is 4.74 Å². The Kier molecular flexibility index (Phi) is 7.42. The standard InChI is InChI=1S/C23H27Br2N3O3/c1-13-6-5-7-18(28-22(30)31-23(2,3)4)20-10-14(8-9-26-20)15-11-16(24)17(25)12-19(15)27-21(13)29/h8-13,18H,5-7H2,1-4H3,(H,27,29)(H,28,30)/t13-,18+/m1/s1. The number of aromatic nitrogens is 1. The molecule has 0 aliphatic carbocycles. The van der Waals surface area contributed by atoms with Crippen molar-refractivity contribution in [3.63, 3.8) is 0 Å². The number of hydrogen-bond donors (Lipinski definition) is 2. The Balaban J connectivity index is 2.04. The number of hydrogen-bond acceptors (Lipinski definition) is 4. The third-order valence-electron chi connectivity index (χ3n) is 5.04. The maximum Gasteiger partial charge on any atom is 0.408 e. The molecule has 3 rings (SSSR count). The maximum atomic E-state index is 12.8. The molecule has 2 atom stereocenters. The van der Waals surface area contributed by atoms with Crippen molar-refractivity contribution in [2.24, 2.45) is 5.92 Å². The Bertz CT molecular complexity index is 989. The van der Waals surface area contributed by atoms with E-state index in [-0.39, 0.29) is 17.9 Å². The molecule has 1 aromatic heterocycles. The number of ether oxygens (including phenoxy) is 1. The number of benzene rings is 1. The molecule has 2 amide bonds. The monoisotopic (exact) mass is 551 g/mol. The summed E-state index contributed by atoms with van der Waals surface area (Å²) < 4.78 is 7.18. The average Bonchev–Trinajstić information content (AvgIpc) is 2.67. The van der Waals surface area contributed by atoms with Crippen LogP contribution in [0.2, 0.25) is 0 Å². The number of anilines is 1. The smallest absolute Gasteiger partial charge is 0.408 e. The van der Waals surface area contributed by atoms with Crippen LogP contribution >= 0.6 is 31.9 Å². The van der Waals surface area contributed by atoms with Gasteiger partial charge in [-0.3, -0.25) is 9.78 Å². The minimum absolute atomic E-state index is 0.0259. The van der Waals surface area contributed by atoms with Gasteiger partial charge in [0.2, 0.25) is 5.91 Å². The molecule has 0 saturated heterocycles. The Hall–Kier alpha value is -1.93. The molecule has 1 aliphatic rings. The molecule has 6 nitrogen and oxygen atoms in total. The van der Waals surface area contributed by atoms with E-state index in [0.717, 1.165) is 37.9 Å². The van der Waals surface area contributed by atoms with Crippen LogP contribution in [0, 0.1) is 5.92 Å². The summed E-state index contributed by atoms with van der Waals surface area (Å²) in [4.78, 5) is 29.8. The summed E-state index contributed by atoms with van der Waals surface area (Å²) in [6.45, 7) is 7.42. The molecular formula is C23H27Br2N3O3. The largest absolute Gasteiger partial charge is 0.444 e. The summed E-state index contributed by atoms with van der Waals surface area (Å²) in [6.07, 6.45) is 3.37. The number of nitrogens with one attached hydrogen (secondary N) is 2. The van der Waals surface area contributed by atoms with Crippen LogP contribution < -0.4 is 10.6 Å². The van der Waals surface area contributed by atoms with Gasteiger partial charge in [0, 0.05) is 32.3 Å². The van der Waals surface area contributed by atoms with Crippen molar-refractivity contribution in [1.29, 1.82) is 0 Å². The summed E-state index contributed by atoms with van der Waals surface area (Å²) in [5.41, 5.74) is 2.67. The predicted octanol–water partition coefficient (Wildman–Crippen LogP) is 6.60. The normalized spacial score (nSPS) is 19.4. The van der Waals surface area contributed by atoms with Gasteiger partial charge in [0.15, 0.2) is 0 Å². The zero-order valence-electron chi connectivity index (χ0n) is 18.1. The van der Waals surface area contributed by atoms with Gasteiger partial charge in [-0.1, -0.05) is 13.3 Å². The first-order valence-electron chi connectivity index (χ1n) is 10.3. The highest BCUT2D eigenvalue weighted by atomic mass is 79.9. The van der Waals surface area contributed by atoms with Crippen molar-refractivity contribution in [1.82, 2.24) is 10.3 Å². The zero-order chi connectivity index (χ0) is 22.8. The Morgan fingerprint density at radius 3 is 2.61 bits per heavy atom. The van der Waals surface area contributed by atoms with Crippen LogP contribution in [-0.2, 0) is 9.53 Å². The highest BCUT2D eigenvalue weighted by molar-refractivity contribution is 9.13. The van der Waals surface area contributed by atoms with Gasteiger partial charge in [0.1, 0.15) is 5.60 Å². The lowest BCUT2D eigenvalue weighted by Crippen LogP contribution is -2.35. The van der Waals surface area contributed by atoms with Gasteiger partial charge in [0.05, 0.1) is 11.7 Å². The minimum atomic E-state index is -0.587. The number of alkyl carbamates (subject to hydrolysis) is 1. The van der Waals surface area contributed by atoms with Crippen molar-refractivity contribution in [2.75, 3.05) is 5.32 Å². The number of nitrogens with zero attached hydrogens (tertiary/aromatic N) is 1. The van der Waals surface area contributed by atoms with Crippen LogP contribution in [0.1, 0.15) is 58.7 Å². The van der Waals surface area contributed by atoms with Crippen molar-refractivity contribution >= 4 is 49.5 Å². The zero-order valence-corrected chi connectivity index (χ0v) is 21.3. The molecule has 2 heterocycles. The van der Waals surface area contributed by atoms with Crippen molar-refractivity contribution in [3.05, 3.63) is 45.1 Å². The Morgan fingerprint density at radius 2 is 1.90 bits per heavy atom. The van der Waals surface area contributed by atoms with Crippen LogP contribution in [0.15, 0.2) is 39.4 Å². The van der Waals surface area contributed by atoms with Gasteiger partial charge in [-0.25, -0.2) is 4.79 Å². The Morgan fingerprint density at radius 1 is 1.19 bits per heavy atom. The quantitative estimate of drug-likeness (QED) is 0.417. The maximum absolute atomic E-state index is 12.8. The second-order valence-corrected chi connectivity index (χ2v) is 10.5. The number of halogens is 2. The summed E-state index contributed by atoms with van der Waals surface area (Å²) in [5, 5.41) is 6.04. The van der Waals surface area contributed by atoms with E-state index in [9.17, 15) is 9.59 Å². The molecule has 2 bridgehead atoms. The van der Waals surface area contributed by atoms with E-state index in [0.29, 0.717) is 12.8 Å². The number of fused-ring (bicyclic) bond motifs is 4. The lowest BCUT2D eigenvalue weighted by molar-refractivity contribution is -0.119. The highest BCUT2D eigenvalue weighted by Gasteiger charge is 2.24. The third-order valence-corrected chi connectivity index (χ3v) is 6.88. The van der Waals surface area contributed by atoms with Crippen LogP contribution in [0.25, 0.3) is 11.1 Å². The fraction of sp³-hybridized carbons (Fsp3) is 0.435. The molecule has 0 radical (unpaired) electrons. The first kappa shape index (κ1) is 23.7. The third kappa shape index (κ3) is 6.29. The summed E-state index contributed by atoms with van der Waals surface area (Å²) in [5.74, 6) is -0.190. The van der Waals surface area contributed by atoms with Crippen LogP contribution in [-0.4, -0.2) is 22.6 Å². The topological polar surface area (TPSA) is 80.3 Å². The van der Waals surface area contributed by atoms with Crippen LogP contribution in [0.5, 0.6) is 0 Å². The summed E-state index contributed by atoms with van der Waals surface area (Å²) in [7, 11) is 0. The number of pyridine rings is 1.